The molecule has 0 radical (unpaired) electrons. The summed E-state index contributed by atoms with van der Waals surface area (Å²) in [6.45, 7) is 3.87. The molecule has 2 heterocycles. The molecule has 68 valence electrons. The highest BCUT2D eigenvalue weighted by Crippen LogP contribution is 2.49. The zero-order valence-electron chi connectivity index (χ0n) is 8.00. The number of hydrogen-bond donors (Lipinski definition) is 0. The lowest BCUT2D eigenvalue weighted by molar-refractivity contribution is 0.228. The van der Waals surface area contributed by atoms with Crippen LogP contribution < -0.4 is 0 Å². The first-order valence-electron chi connectivity index (χ1n) is 5.63. The van der Waals surface area contributed by atoms with E-state index in [9.17, 15) is 0 Å². The van der Waals surface area contributed by atoms with Crippen molar-refractivity contribution in [3.05, 3.63) is 0 Å². The molecule has 0 bridgehead atoms. The topological polar surface area (TPSA) is 3.24 Å². The van der Waals surface area contributed by atoms with Crippen molar-refractivity contribution >= 4 is 0 Å². The minimum Gasteiger partial charge on any atom is -0.297 e. The first kappa shape index (κ1) is 7.37. The van der Waals surface area contributed by atoms with Gasteiger partial charge in [0.05, 0.1) is 0 Å². The average molecular weight is 165 g/mol. The Labute approximate surface area is 75.1 Å². The van der Waals surface area contributed by atoms with Crippen LogP contribution in [-0.2, 0) is 0 Å². The Balaban J connectivity index is 1.89. The van der Waals surface area contributed by atoms with Crippen molar-refractivity contribution in [1.29, 1.82) is 0 Å². The maximum Gasteiger partial charge on any atom is 0.0130 e. The molecule has 0 aromatic rings. The molecule has 0 aromatic carbocycles. The molecular formula is C11H19N. The van der Waals surface area contributed by atoms with Crippen molar-refractivity contribution in [2.45, 2.75) is 51.1 Å². The molecule has 0 spiro atoms. The smallest absolute Gasteiger partial charge is 0.0130 e. The first-order valence-corrected chi connectivity index (χ1v) is 5.63. The first-order chi connectivity index (χ1) is 5.88. The summed E-state index contributed by atoms with van der Waals surface area (Å²) < 4.78 is 0. The second-order valence-electron chi connectivity index (χ2n) is 4.95. The van der Waals surface area contributed by atoms with Gasteiger partial charge in [-0.2, -0.15) is 0 Å². The van der Waals surface area contributed by atoms with E-state index < -0.39 is 0 Å². The Morgan fingerprint density at radius 2 is 1.83 bits per heavy atom. The van der Waals surface area contributed by atoms with Crippen LogP contribution in [0.2, 0.25) is 0 Å². The molecule has 4 unspecified atom stereocenters. The summed E-state index contributed by atoms with van der Waals surface area (Å²) in [5.41, 5.74) is 0. The molecule has 1 heteroatoms. The van der Waals surface area contributed by atoms with Gasteiger partial charge < -0.3 is 0 Å². The van der Waals surface area contributed by atoms with Gasteiger partial charge in [0.25, 0.3) is 0 Å². The molecule has 3 rings (SSSR count). The third-order valence-electron chi connectivity index (χ3n) is 4.60. The van der Waals surface area contributed by atoms with Crippen LogP contribution in [-0.4, -0.2) is 23.5 Å². The van der Waals surface area contributed by atoms with Gasteiger partial charge in [0.1, 0.15) is 0 Å². The van der Waals surface area contributed by atoms with E-state index in [0.717, 1.165) is 23.9 Å². The Bertz CT molecular complexity index is 169. The molecule has 4 atom stereocenters. The van der Waals surface area contributed by atoms with Gasteiger partial charge in [0, 0.05) is 12.1 Å². The fraction of sp³-hybridized carbons (Fsp3) is 1.00. The van der Waals surface area contributed by atoms with E-state index >= 15 is 0 Å². The number of hydrogen-bond acceptors (Lipinski definition) is 1. The Kier molecular flexibility index (Phi) is 1.52. The van der Waals surface area contributed by atoms with Crippen LogP contribution in [0.1, 0.15) is 39.0 Å². The second-order valence-corrected chi connectivity index (χ2v) is 4.95. The van der Waals surface area contributed by atoms with Gasteiger partial charge >= 0.3 is 0 Å². The maximum atomic E-state index is 2.80. The minimum atomic E-state index is 0.921. The van der Waals surface area contributed by atoms with E-state index in [1.54, 1.807) is 0 Å². The number of rotatable bonds is 0. The van der Waals surface area contributed by atoms with E-state index in [-0.39, 0.29) is 0 Å². The molecule has 2 aliphatic heterocycles. The third-order valence-corrected chi connectivity index (χ3v) is 4.60. The summed E-state index contributed by atoms with van der Waals surface area (Å²) in [7, 11) is 0. The van der Waals surface area contributed by atoms with Crippen molar-refractivity contribution < 1.29 is 0 Å². The van der Waals surface area contributed by atoms with E-state index in [4.69, 9.17) is 0 Å². The van der Waals surface area contributed by atoms with Gasteiger partial charge in [-0.3, -0.25) is 4.90 Å². The summed E-state index contributed by atoms with van der Waals surface area (Å²) in [5.74, 6) is 2.18. The van der Waals surface area contributed by atoms with E-state index in [1.165, 1.54) is 38.6 Å². The average Bonchev–Trinajstić information content (AvgIpc) is 2.72. The summed E-state index contributed by atoms with van der Waals surface area (Å²) in [4.78, 5) is 2.80. The standard InChI is InChI=1S/C11H19N/c1-8-9-4-2-5-10(9)11-6-3-7-12(8)11/h8-11H,2-7H2,1H3. The van der Waals surface area contributed by atoms with Gasteiger partial charge in [-0.25, -0.2) is 0 Å². The fourth-order valence-corrected chi connectivity index (χ4v) is 4.12. The molecule has 1 aliphatic carbocycles. The van der Waals surface area contributed by atoms with Crippen LogP contribution in [0, 0.1) is 11.8 Å². The Morgan fingerprint density at radius 1 is 1.00 bits per heavy atom. The van der Waals surface area contributed by atoms with E-state index in [2.05, 4.69) is 11.8 Å². The summed E-state index contributed by atoms with van der Waals surface area (Å²) >= 11 is 0. The van der Waals surface area contributed by atoms with Gasteiger partial charge in [0.2, 0.25) is 0 Å². The SMILES string of the molecule is CC1C2CCCC2C2CCCN12. The van der Waals surface area contributed by atoms with E-state index in [1.807, 2.05) is 0 Å². The molecule has 3 aliphatic rings. The zero-order chi connectivity index (χ0) is 8.13. The van der Waals surface area contributed by atoms with Crippen LogP contribution in [0.15, 0.2) is 0 Å². The van der Waals surface area contributed by atoms with Gasteiger partial charge in [-0.05, 0) is 51.0 Å². The second kappa shape index (κ2) is 2.47. The lowest BCUT2D eigenvalue weighted by Gasteiger charge is -2.23. The number of fused-ring (bicyclic) bond motifs is 3. The van der Waals surface area contributed by atoms with Gasteiger partial charge in [-0.1, -0.05) is 6.42 Å². The van der Waals surface area contributed by atoms with Crippen LogP contribution in [0.3, 0.4) is 0 Å². The van der Waals surface area contributed by atoms with Crippen molar-refractivity contribution in [1.82, 2.24) is 4.90 Å². The molecule has 3 fully saturated rings. The van der Waals surface area contributed by atoms with Crippen molar-refractivity contribution in [3.63, 3.8) is 0 Å². The molecular weight excluding hydrogens is 146 g/mol. The third kappa shape index (κ3) is 0.783. The van der Waals surface area contributed by atoms with Crippen LogP contribution in [0.25, 0.3) is 0 Å². The largest absolute Gasteiger partial charge is 0.297 e. The molecule has 0 aromatic heterocycles. The fourth-order valence-electron chi connectivity index (χ4n) is 4.12. The van der Waals surface area contributed by atoms with Crippen LogP contribution in [0.5, 0.6) is 0 Å². The minimum absolute atomic E-state index is 0.921. The predicted octanol–water partition coefficient (Wildman–Crippen LogP) is 2.27. The summed E-state index contributed by atoms with van der Waals surface area (Å²) in [6, 6.07) is 1.93. The lowest BCUT2D eigenvalue weighted by atomic mass is 9.89. The highest BCUT2D eigenvalue weighted by atomic mass is 15.2. The van der Waals surface area contributed by atoms with Crippen molar-refractivity contribution in [2.75, 3.05) is 6.54 Å². The molecule has 0 N–H and O–H groups in total. The van der Waals surface area contributed by atoms with Crippen molar-refractivity contribution in [3.8, 4) is 0 Å². The molecule has 1 nitrogen and oxygen atoms in total. The normalized spacial score (nSPS) is 52.8. The molecule has 0 amide bonds. The van der Waals surface area contributed by atoms with Crippen LogP contribution >= 0.6 is 0 Å². The zero-order valence-corrected chi connectivity index (χ0v) is 8.00. The Morgan fingerprint density at radius 3 is 2.75 bits per heavy atom. The lowest BCUT2D eigenvalue weighted by Crippen LogP contribution is -2.31. The maximum absolute atomic E-state index is 2.80. The molecule has 2 saturated heterocycles. The highest BCUT2D eigenvalue weighted by Gasteiger charge is 2.49. The summed E-state index contributed by atoms with van der Waals surface area (Å²) in [5, 5.41) is 0. The predicted molar refractivity (Wildman–Crippen MR) is 50.0 cm³/mol. The molecule has 12 heavy (non-hydrogen) atoms. The Hall–Kier alpha value is -0.0400. The van der Waals surface area contributed by atoms with Crippen molar-refractivity contribution in [2.24, 2.45) is 11.8 Å². The van der Waals surface area contributed by atoms with E-state index in [0.29, 0.717) is 0 Å². The summed E-state index contributed by atoms with van der Waals surface area (Å²) in [6.07, 6.45) is 7.56. The van der Waals surface area contributed by atoms with Gasteiger partial charge in [0.15, 0.2) is 0 Å². The molecule has 1 saturated carbocycles. The highest BCUT2D eigenvalue weighted by molar-refractivity contribution is 5.03. The van der Waals surface area contributed by atoms with Gasteiger partial charge in [-0.15, -0.1) is 0 Å². The number of nitrogens with zero attached hydrogens (tertiary/aromatic N) is 1. The quantitative estimate of drug-likeness (QED) is 0.532. The van der Waals surface area contributed by atoms with Crippen LogP contribution in [0.4, 0.5) is 0 Å². The monoisotopic (exact) mass is 165 g/mol.